The summed E-state index contributed by atoms with van der Waals surface area (Å²) in [6, 6.07) is 9.47. The highest BCUT2D eigenvalue weighted by Crippen LogP contribution is 2.26. The SMILES string of the molecule is COc1ccccc1C(C)NC(=O)c1cc(C)nc2c1cnn2C(C)C. The molecule has 0 radical (unpaired) electrons. The second kappa shape index (κ2) is 7.15. The van der Waals surface area contributed by atoms with E-state index in [2.05, 4.69) is 15.4 Å². The van der Waals surface area contributed by atoms with E-state index in [1.54, 1.807) is 19.4 Å². The second-order valence-electron chi connectivity index (χ2n) is 6.67. The third-order valence-electron chi connectivity index (χ3n) is 4.38. The van der Waals surface area contributed by atoms with Crippen LogP contribution in [0.4, 0.5) is 0 Å². The molecule has 1 N–H and O–H groups in total. The van der Waals surface area contributed by atoms with E-state index in [1.165, 1.54) is 0 Å². The molecule has 1 amide bonds. The maximum Gasteiger partial charge on any atom is 0.252 e. The Morgan fingerprint density at radius 1 is 1.23 bits per heavy atom. The van der Waals surface area contributed by atoms with Crippen molar-refractivity contribution in [3.8, 4) is 5.75 Å². The zero-order valence-electron chi connectivity index (χ0n) is 15.8. The molecule has 2 aromatic heterocycles. The van der Waals surface area contributed by atoms with Crippen LogP contribution in [0.25, 0.3) is 11.0 Å². The fraction of sp³-hybridized carbons (Fsp3) is 0.350. The number of para-hydroxylation sites is 1. The van der Waals surface area contributed by atoms with Crippen molar-refractivity contribution in [1.29, 1.82) is 0 Å². The first kappa shape index (κ1) is 17.9. The van der Waals surface area contributed by atoms with Gasteiger partial charge in [0.05, 0.1) is 30.3 Å². The van der Waals surface area contributed by atoms with Crippen LogP contribution < -0.4 is 10.1 Å². The van der Waals surface area contributed by atoms with E-state index < -0.39 is 0 Å². The Bertz CT molecular complexity index is 946. The summed E-state index contributed by atoms with van der Waals surface area (Å²) in [5, 5.41) is 8.22. The summed E-state index contributed by atoms with van der Waals surface area (Å²) in [6.45, 7) is 7.91. The molecule has 0 fully saturated rings. The van der Waals surface area contributed by atoms with Gasteiger partial charge in [-0.15, -0.1) is 0 Å². The number of methoxy groups -OCH3 is 1. The number of amides is 1. The molecule has 0 aliphatic carbocycles. The van der Waals surface area contributed by atoms with Crippen molar-refractivity contribution >= 4 is 16.9 Å². The van der Waals surface area contributed by atoms with Gasteiger partial charge < -0.3 is 10.1 Å². The van der Waals surface area contributed by atoms with Crippen LogP contribution in [0, 0.1) is 6.92 Å². The van der Waals surface area contributed by atoms with Gasteiger partial charge in [0.15, 0.2) is 5.65 Å². The molecule has 1 atom stereocenters. The molecule has 0 saturated heterocycles. The van der Waals surface area contributed by atoms with Gasteiger partial charge in [-0.05, 0) is 39.8 Å². The Labute approximate surface area is 153 Å². The molecule has 1 aromatic carbocycles. The molecular formula is C20H24N4O2. The molecular weight excluding hydrogens is 328 g/mol. The number of carbonyl (C=O) groups excluding carboxylic acids is 1. The average Bonchev–Trinajstić information content (AvgIpc) is 3.04. The van der Waals surface area contributed by atoms with Gasteiger partial charge in [-0.25, -0.2) is 9.67 Å². The number of fused-ring (bicyclic) bond motifs is 1. The number of ether oxygens (including phenoxy) is 1. The summed E-state index contributed by atoms with van der Waals surface area (Å²) in [7, 11) is 1.63. The van der Waals surface area contributed by atoms with Gasteiger partial charge in [0.25, 0.3) is 5.91 Å². The lowest BCUT2D eigenvalue weighted by molar-refractivity contribution is 0.0941. The van der Waals surface area contributed by atoms with Crippen LogP contribution >= 0.6 is 0 Å². The van der Waals surface area contributed by atoms with Crippen molar-refractivity contribution in [2.24, 2.45) is 0 Å². The highest BCUT2D eigenvalue weighted by atomic mass is 16.5. The first-order valence-electron chi connectivity index (χ1n) is 8.71. The van der Waals surface area contributed by atoms with Crippen molar-refractivity contribution in [2.45, 2.75) is 39.8 Å². The first-order valence-corrected chi connectivity index (χ1v) is 8.71. The normalized spacial score (nSPS) is 12.4. The molecule has 2 heterocycles. The Kier molecular flexibility index (Phi) is 4.93. The van der Waals surface area contributed by atoms with Crippen LogP contribution in [-0.4, -0.2) is 27.8 Å². The standard InChI is InChI=1S/C20H24N4O2/c1-12(2)24-19-17(11-21-24)16(10-13(3)22-19)20(25)23-14(4)15-8-6-7-9-18(15)26-5/h6-12,14H,1-5H3,(H,23,25). The van der Waals surface area contributed by atoms with Crippen molar-refractivity contribution < 1.29 is 9.53 Å². The van der Waals surface area contributed by atoms with Gasteiger partial charge in [0.1, 0.15) is 5.75 Å². The minimum atomic E-state index is -0.192. The molecule has 0 saturated carbocycles. The molecule has 1 unspecified atom stereocenters. The lowest BCUT2D eigenvalue weighted by Gasteiger charge is -2.17. The molecule has 6 nitrogen and oxygen atoms in total. The van der Waals surface area contributed by atoms with Crippen molar-refractivity contribution in [2.75, 3.05) is 7.11 Å². The van der Waals surface area contributed by atoms with E-state index in [1.807, 2.05) is 56.6 Å². The monoisotopic (exact) mass is 352 g/mol. The minimum Gasteiger partial charge on any atom is -0.496 e. The van der Waals surface area contributed by atoms with Gasteiger partial charge in [0, 0.05) is 17.3 Å². The fourth-order valence-electron chi connectivity index (χ4n) is 3.09. The highest BCUT2D eigenvalue weighted by Gasteiger charge is 2.19. The molecule has 0 aliphatic heterocycles. The van der Waals surface area contributed by atoms with E-state index in [0.717, 1.165) is 28.0 Å². The molecule has 136 valence electrons. The van der Waals surface area contributed by atoms with E-state index in [0.29, 0.717) is 5.56 Å². The Morgan fingerprint density at radius 3 is 2.65 bits per heavy atom. The third kappa shape index (κ3) is 3.27. The number of pyridine rings is 1. The van der Waals surface area contributed by atoms with Gasteiger partial charge in [0.2, 0.25) is 0 Å². The number of nitrogens with one attached hydrogen (secondary N) is 1. The Morgan fingerprint density at radius 2 is 1.96 bits per heavy atom. The summed E-state index contributed by atoms with van der Waals surface area (Å²) in [5.41, 5.74) is 3.04. The molecule has 3 rings (SSSR count). The summed E-state index contributed by atoms with van der Waals surface area (Å²) < 4.78 is 7.23. The van der Waals surface area contributed by atoms with Gasteiger partial charge in [-0.3, -0.25) is 4.79 Å². The lowest BCUT2D eigenvalue weighted by atomic mass is 10.1. The summed E-state index contributed by atoms with van der Waals surface area (Å²) >= 11 is 0. The summed E-state index contributed by atoms with van der Waals surface area (Å²) in [5.74, 6) is 0.603. The molecule has 0 aliphatic rings. The number of hydrogen-bond donors (Lipinski definition) is 1. The van der Waals surface area contributed by atoms with Crippen LogP contribution in [-0.2, 0) is 0 Å². The largest absolute Gasteiger partial charge is 0.496 e. The number of aromatic nitrogens is 3. The van der Waals surface area contributed by atoms with Crippen molar-refractivity contribution in [1.82, 2.24) is 20.1 Å². The summed E-state index contributed by atoms with van der Waals surface area (Å²) in [6.07, 6.45) is 1.71. The van der Waals surface area contributed by atoms with Gasteiger partial charge in [-0.2, -0.15) is 5.10 Å². The Balaban J connectivity index is 1.95. The zero-order valence-corrected chi connectivity index (χ0v) is 15.8. The molecule has 0 bridgehead atoms. The average molecular weight is 352 g/mol. The smallest absolute Gasteiger partial charge is 0.252 e. The van der Waals surface area contributed by atoms with Crippen LogP contribution in [0.15, 0.2) is 36.5 Å². The van der Waals surface area contributed by atoms with E-state index in [4.69, 9.17) is 4.74 Å². The van der Waals surface area contributed by atoms with E-state index >= 15 is 0 Å². The van der Waals surface area contributed by atoms with Crippen LogP contribution in [0.1, 0.15) is 54.5 Å². The first-order chi connectivity index (χ1) is 12.4. The molecule has 6 heteroatoms. The number of rotatable bonds is 5. The Hall–Kier alpha value is -2.89. The van der Waals surface area contributed by atoms with Crippen molar-refractivity contribution in [3.05, 3.63) is 53.3 Å². The fourth-order valence-corrected chi connectivity index (χ4v) is 3.09. The number of hydrogen-bond acceptors (Lipinski definition) is 4. The maximum absolute atomic E-state index is 13.0. The predicted molar refractivity (Wildman–Crippen MR) is 102 cm³/mol. The van der Waals surface area contributed by atoms with Gasteiger partial charge in [-0.1, -0.05) is 18.2 Å². The quantitative estimate of drug-likeness (QED) is 0.758. The highest BCUT2D eigenvalue weighted by molar-refractivity contribution is 6.05. The number of benzene rings is 1. The summed E-state index contributed by atoms with van der Waals surface area (Å²) in [4.78, 5) is 17.5. The van der Waals surface area contributed by atoms with Crippen molar-refractivity contribution in [3.63, 3.8) is 0 Å². The van der Waals surface area contributed by atoms with Crippen LogP contribution in [0.5, 0.6) is 5.75 Å². The third-order valence-corrected chi connectivity index (χ3v) is 4.38. The van der Waals surface area contributed by atoms with E-state index in [-0.39, 0.29) is 18.0 Å². The molecule has 26 heavy (non-hydrogen) atoms. The maximum atomic E-state index is 13.0. The van der Waals surface area contributed by atoms with Crippen LogP contribution in [0.3, 0.4) is 0 Å². The molecule has 3 aromatic rings. The van der Waals surface area contributed by atoms with E-state index in [9.17, 15) is 4.79 Å². The van der Waals surface area contributed by atoms with Gasteiger partial charge >= 0.3 is 0 Å². The lowest BCUT2D eigenvalue weighted by Crippen LogP contribution is -2.27. The van der Waals surface area contributed by atoms with Crippen LogP contribution in [0.2, 0.25) is 0 Å². The topological polar surface area (TPSA) is 69.0 Å². The number of aryl methyl sites for hydroxylation is 1. The minimum absolute atomic E-state index is 0.151. The predicted octanol–water partition coefficient (Wildman–Crippen LogP) is 3.82. The molecule has 0 spiro atoms. The zero-order chi connectivity index (χ0) is 18.8. The second-order valence-corrected chi connectivity index (χ2v) is 6.67. The number of nitrogens with zero attached hydrogens (tertiary/aromatic N) is 3. The number of carbonyl (C=O) groups is 1.